The van der Waals surface area contributed by atoms with Crippen molar-refractivity contribution in [1.82, 2.24) is 0 Å². The van der Waals surface area contributed by atoms with Crippen molar-refractivity contribution in [3.8, 4) is 0 Å². The molecule has 0 N–H and O–H groups in total. The van der Waals surface area contributed by atoms with E-state index in [9.17, 15) is 0 Å². The van der Waals surface area contributed by atoms with Crippen LogP contribution in [-0.4, -0.2) is 5.71 Å². The molecule has 0 spiro atoms. The third kappa shape index (κ3) is 5.69. The van der Waals surface area contributed by atoms with Crippen molar-refractivity contribution in [2.24, 2.45) is 10.9 Å². The summed E-state index contributed by atoms with van der Waals surface area (Å²) in [4.78, 5) is 4.56. The van der Waals surface area contributed by atoms with Gasteiger partial charge in [0.25, 0.3) is 0 Å². The molecule has 0 radical (unpaired) electrons. The van der Waals surface area contributed by atoms with Gasteiger partial charge in [0, 0.05) is 5.70 Å². The maximum atomic E-state index is 4.56. The van der Waals surface area contributed by atoms with Crippen molar-refractivity contribution >= 4 is 5.71 Å². The molecule has 0 saturated carbocycles. The van der Waals surface area contributed by atoms with E-state index in [4.69, 9.17) is 0 Å². The SMILES string of the molecule is C=C(CC)C(/C=C\C(C)CC)=N/C(C)=C\C. The van der Waals surface area contributed by atoms with Gasteiger partial charge in [-0.25, -0.2) is 0 Å². The topological polar surface area (TPSA) is 12.4 Å². The van der Waals surface area contributed by atoms with Crippen LogP contribution in [0.25, 0.3) is 0 Å². The van der Waals surface area contributed by atoms with Crippen LogP contribution in [0.4, 0.5) is 0 Å². The smallest absolute Gasteiger partial charge is 0.0655 e. The Hall–Kier alpha value is -1.11. The van der Waals surface area contributed by atoms with Gasteiger partial charge >= 0.3 is 0 Å². The van der Waals surface area contributed by atoms with Gasteiger partial charge in [-0.3, -0.25) is 4.99 Å². The minimum atomic E-state index is 0.598. The fraction of sp³-hybridized carbons (Fsp3) is 0.533. The van der Waals surface area contributed by atoms with E-state index in [1.54, 1.807) is 0 Å². The molecule has 0 aromatic heterocycles. The minimum Gasteiger partial charge on any atom is -0.254 e. The predicted molar refractivity (Wildman–Crippen MR) is 74.9 cm³/mol. The van der Waals surface area contributed by atoms with Crippen LogP contribution >= 0.6 is 0 Å². The Morgan fingerprint density at radius 3 is 2.44 bits per heavy atom. The van der Waals surface area contributed by atoms with Crippen LogP contribution in [0.1, 0.15) is 47.5 Å². The summed E-state index contributed by atoms with van der Waals surface area (Å²) in [5.41, 5.74) is 3.15. The van der Waals surface area contributed by atoms with Crippen molar-refractivity contribution in [2.45, 2.75) is 47.5 Å². The molecule has 1 nitrogen and oxygen atoms in total. The van der Waals surface area contributed by atoms with E-state index in [1.165, 1.54) is 0 Å². The first-order valence-electron chi connectivity index (χ1n) is 6.13. The second-order valence-corrected chi connectivity index (χ2v) is 4.13. The maximum absolute atomic E-state index is 4.56. The highest BCUT2D eigenvalue weighted by atomic mass is 14.7. The standard InChI is InChI=1S/C15H25N/c1-7-12(4)10-11-15(13(5)8-2)16-14(6)9-3/h9-12H,5,7-8H2,1-4,6H3/b11-10-,14-9-,16-15+. The Labute approximate surface area is 101 Å². The molecule has 1 atom stereocenters. The maximum Gasteiger partial charge on any atom is 0.0655 e. The predicted octanol–water partition coefficient (Wildman–Crippen LogP) is 4.92. The van der Waals surface area contributed by atoms with Crippen molar-refractivity contribution in [1.29, 1.82) is 0 Å². The van der Waals surface area contributed by atoms with E-state index >= 15 is 0 Å². The van der Waals surface area contributed by atoms with E-state index in [-0.39, 0.29) is 0 Å². The third-order valence-electron chi connectivity index (χ3n) is 2.73. The van der Waals surface area contributed by atoms with Gasteiger partial charge in [-0.2, -0.15) is 0 Å². The number of nitrogens with zero attached hydrogens (tertiary/aromatic N) is 1. The Bertz CT molecular complexity index is 305. The van der Waals surface area contributed by atoms with Crippen molar-refractivity contribution in [2.75, 3.05) is 0 Å². The first-order chi connectivity index (χ1) is 7.54. The molecule has 0 bridgehead atoms. The lowest BCUT2D eigenvalue weighted by Gasteiger charge is -2.05. The van der Waals surface area contributed by atoms with Crippen LogP contribution in [0.5, 0.6) is 0 Å². The average molecular weight is 219 g/mol. The first kappa shape index (κ1) is 14.9. The number of hydrogen-bond donors (Lipinski definition) is 0. The molecule has 1 heteroatoms. The van der Waals surface area contributed by atoms with E-state index < -0.39 is 0 Å². The van der Waals surface area contributed by atoms with Crippen LogP contribution in [-0.2, 0) is 0 Å². The van der Waals surface area contributed by atoms with E-state index in [0.29, 0.717) is 5.92 Å². The molecule has 0 fully saturated rings. The summed E-state index contributed by atoms with van der Waals surface area (Å²) >= 11 is 0. The molecule has 1 unspecified atom stereocenters. The van der Waals surface area contributed by atoms with Crippen LogP contribution < -0.4 is 0 Å². The van der Waals surface area contributed by atoms with Gasteiger partial charge in [0.1, 0.15) is 0 Å². The number of allylic oxidation sites excluding steroid dienone is 5. The lowest BCUT2D eigenvalue weighted by Crippen LogP contribution is -1.99. The summed E-state index contributed by atoms with van der Waals surface area (Å²) in [5.74, 6) is 0.598. The molecule has 0 rings (SSSR count). The monoisotopic (exact) mass is 219 g/mol. The Morgan fingerprint density at radius 1 is 1.38 bits per heavy atom. The highest BCUT2D eigenvalue weighted by Gasteiger charge is 2.00. The Balaban J connectivity index is 4.90. The van der Waals surface area contributed by atoms with Gasteiger partial charge in [0.2, 0.25) is 0 Å². The second-order valence-electron chi connectivity index (χ2n) is 4.13. The lowest BCUT2D eigenvalue weighted by atomic mass is 10.0. The summed E-state index contributed by atoms with van der Waals surface area (Å²) < 4.78 is 0. The molecule has 0 aliphatic carbocycles. The van der Waals surface area contributed by atoms with Crippen LogP contribution in [0.2, 0.25) is 0 Å². The number of hydrogen-bond acceptors (Lipinski definition) is 1. The quantitative estimate of drug-likeness (QED) is 0.562. The van der Waals surface area contributed by atoms with Crippen molar-refractivity contribution < 1.29 is 0 Å². The molecule has 0 heterocycles. The highest BCUT2D eigenvalue weighted by Crippen LogP contribution is 2.09. The fourth-order valence-corrected chi connectivity index (χ4v) is 1.06. The van der Waals surface area contributed by atoms with Gasteiger partial charge in [-0.15, -0.1) is 0 Å². The minimum absolute atomic E-state index is 0.598. The van der Waals surface area contributed by atoms with Gasteiger partial charge in [-0.05, 0) is 37.8 Å². The largest absolute Gasteiger partial charge is 0.254 e. The second kappa shape index (κ2) is 8.09. The van der Waals surface area contributed by atoms with Crippen molar-refractivity contribution in [3.05, 3.63) is 36.1 Å². The van der Waals surface area contributed by atoms with Crippen LogP contribution in [0.15, 0.2) is 41.1 Å². The molecule has 0 aromatic rings. The van der Waals surface area contributed by atoms with Crippen molar-refractivity contribution in [3.63, 3.8) is 0 Å². The molecule has 16 heavy (non-hydrogen) atoms. The number of aliphatic imine (C=N–C) groups is 1. The third-order valence-corrected chi connectivity index (χ3v) is 2.73. The Morgan fingerprint density at radius 2 is 2.00 bits per heavy atom. The van der Waals surface area contributed by atoms with Gasteiger partial charge in [-0.1, -0.05) is 45.9 Å². The summed E-state index contributed by atoms with van der Waals surface area (Å²) in [6.07, 6.45) is 8.43. The molecule has 0 amide bonds. The zero-order chi connectivity index (χ0) is 12.6. The first-order valence-corrected chi connectivity index (χ1v) is 6.13. The molecule has 0 aromatic carbocycles. The summed E-state index contributed by atoms with van der Waals surface area (Å²) in [7, 11) is 0. The lowest BCUT2D eigenvalue weighted by molar-refractivity contribution is 0.699. The van der Waals surface area contributed by atoms with E-state index in [0.717, 1.165) is 29.8 Å². The van der Waals surface area contributed by atoms with Gasteiger partial charge < -0.3 is 0 Å². The summed E-state index contributed by atoms with van der Waals surface area (Å²) in [6, 6.07) is 0. The normalized spacial score (nSPS) is 15.6. The summed E-state index contributed by atoms with van der Waals surface area (Å²) in [5, 5.41) is 0. The fourth-order valence-electron chi connectivity index (χ4n) is 1.06. The van der Waals surface area contributed by atoms with Crippen LogP contribution in [0.3, 0.4) is 0 Å². The molecule has 0 aliphatic heterocycles. The molecular formula is C15H25N. The molecular weight excluding hydrogens is 194 g/mol. The molecule has 0 saturated heterocycles. The zero-order valence-corrected chi connectivity index (χ0v) is 11.4. The summed E-state index contributed by atoms with van der Waals surface area (Å²) in [6.45, 7) is 14.6. The Kier molecular flexibility index (Phi) is 7.53. The van der Waals surface area contributed by atoms with Crippen LogP contribution in [0, 0.1) is 5.92 Å². The van der Waals surface area contributed by atoms with Gasteiger partial charge in [0.15, 0.2) is 0 Å². The highest BCUT2D eigenvalue weighted by molar-refractivity contribution is 6.08. The molecule has 90 valence electrons. The zero-order valence-electron chi connectivity index (χ0n) is 11.4. The number of rotatable bonds is 6. The van der Waals surface area contributed by atoms with E-state index in [2.05, 4.69) is 44.5 Å². The average Bonchev–Trinajstić information content (AvgIpc) is 2.32. The van der Waals surface area contributed by atoms with Gasteiger partial charge in [0.05, 0.1) is 5.71 Å². The molecule has 0 aliphatic rings. The van der Waals surface area contributed by atoms with E-state index in [1.807, 2.05) is 19.9 Å².